The van der Waals surface area contributed by atoms with Gasteiger partial charge in [-0.15, -0.1) is 0 Å². The highest BCUT2D eigenvalue weighted by atomic mass is 19.1. The van der Waals surface area contributed by atoms with E-state index in [0.29, 0.717) is 6.42 Å². The molecular weight excluding hydrogens is 158 g/mol. The molecule has 1 aliphatic carbocycles. The fraction of sp³-hybridized carbons (Fsp3) is 0.500. The highest BCUT2D eigenvalue weighted by Gasteiger charge is 2.41. The second kappa shape index (κ2) is 2.71. The van der Waals surface area contributed by atoms with E-state index >= 15 is 0 Å². The van der Waals surface area contributed by atoms with Crippen LogP contribution < -0.4 is 0 Å². The van der Waals surface area contributed by atoms with Crippen molar-refractivity contribution in [3.05, 3.63) is 23.5 Å². The van der Waals surface area contributed by atoms with Crippen molar-refractivity contribution in [1.29, 1.82) is 0 Å². The van der Waals surface area contributed by atoms with Gasteiger partial charge >= 0.3 is 7.12 Å². The Hall–Kier alpha value is -0.605. The van der Waals surface area contributed by atoms with Crippen LogP contribution in [0, 0.1) is 5.92 Å². The maximum absolute atomic E-state index is 12.8. The highest BCUT2D eigenvalue weighted by Crippen LogP contribution is 2.36. The Bertz CT molecular complexity index is 262. The summed E-state index contributed by atoms with van der Waals surface area (Å²) in [5.41, 5.74) is 0.809. The first-order valence-electron chi connectivity index (χ1n) is 4.08. The molecule has 0 aromatic rings. The van der Waals surface area contributed by atoms with Gasteiger partial charge in [0.25, 0.3) is 0 Å². The van der Waals surface area contributed by atoms with Gasteiger partial charge in [0.05, 0.1) is 0 Å². The molecule has 2 unspecified atom stereocenters. The summed E-state index contributed by atoms with van der Waals surface area (Å²) in [6.45, 7) is 1.85. The number of allylic oxidation sites excluding steroid dienone is 3. The third-order valence-electron chi connectivity index (χ3n) is 2.50. The minimum absolute atomic E-state index is 0.0324. The van der Waals surface area contributed by atoms with Gasteiger partial charge in [0, 0.05) is 18.4 Å². The molecule has 2 atom stereocenters. The summed E-state index contributed by atoms with van der Waals surface area (Å²) in [5, 5.41) is 9.34. The van der Waals surface area contributed by atoms with Crippen LogP contribution in [0.4, 0.5) is 4.39 Å². The Labute approximate surface area is 70.9 Å². The predicted octanol–water partition coefficient (Wildman–Crippen LogP) is 1.22. The molecule has 64 valence electrons. The molecule has 0 aromatic carbocycles. The van der Waals surface area contributed by atoms with Gasteiger partial charge in [-0.1, -0.05) is 6.08 Å². The van der Waals surface area contributed by atoms with Crippen LogP contribution in [0.25, 0.3) is 0 Å². The average molecular weight is 168 g/mol. The summed E-state index contributed by atoms with van der Waals surface area (Å²) in [5.74, 6) is -0.0988. The van der Waals surface area contributed by atoms with Gasteiger partial charge in [-0.05, 0) is 18.5 Å². The molecule has 0 saturated carbocycles. The monoisotopic (exact) mass is 168 g/mol. The Kier molecular flexibility index (Phi) is 1.81. The van der Waals surface area contributed by atoms with Crippen LogP contribution in [-0.2, 0) is 4.65 Å². The van der Waals surface area contributed by atoms with Crippen molar-refractivity contribution < 1.29 is 14.1 Å². The number of halogens is 1. The summed E-state index contributed by atoms with van der Waals surface area (Å²) in [4.78, 5) is 0. The summed E-state index contributed by atoms with van der Waals surface area (Å²) < 4.78 is 17.9. The molecule has 1 heterocycles. The normalized spacial score (nSPS) is 34.4. The smallest absolute Gasteiger partial charge is 0.423 e. The second-order valence-electron chi connectivity index (χ2n) is 3.28. The summed E-state index contributed by atoms with van der Waals surface area (Å²) >= 11 is 0. The Balaban J connectivity index is 2.28. The average Bonchev–Trinajstić information content (AvgIpc) is 2.28. The van der Waals surface area contributed by atoms with Crippen LogP contribution in [0.3, 0.4) is 0 Å². The molecule has 0 aromatic heterocycles. The van der Waals surface area contributed by atoms with Crippen LogP contribution in [-0.4, -0.2) is 18.2 Å². The zero-order chi connectivity index (χ0) is 8.72. The van der Waals surface area contributed by atoms with E-state index in [2.05, 4.69) is 0 Å². The summed E-state index contributed by atoms with van der Waals surface area (Å²) in [7, 11) is -0.825. The zero-order valence-corrected chi connectivity index (χ0v) is 6.83. The van der Waals surface area contributed by atoms with E-state index in [1.165, 1.54) is 6.08 Å². The van der Waals surface area contributed by atoms with Gasteiger partial charge in [0.1, 0.15) is 5.83 Å². The van der Waals surface area contributed by atoms with Crippen molar-refractivity contribution in [1.82, 2.24) is 0 Å². The summed E-state index contributed by atoms with van der Waals surface area (Å²) in [6, 6.07) is 0. The lowest BCUT2D eigenvalue weighted by Crippen LogP contribution is -2.15. The van der Waals surface area contributed by atoms with Gasteiger partial charge < -0.3 is 9.68 Å². The van der Waals surface area contributed by atoms with E-state index in [1.807, 2.05) is 6.92 Å². The first-order chi connectivity index (χ1) is 5.68. The lowest BCUT2D eigenvalue weighted by atomic mass is 9.71. The van der Waals surface area contributed by atoms with E-state index in [0.717, 1.165) is 5.47 Å². The van der Waals surface area contributed by atoms with Crippen molar-refractivity contribution in [3.8, 4) is 0 Å². The Morgan fingerprint density at radius 2 is 2.42 bits per heavy atom. The van der Waals surface area contributed by atoms with Crippen LogP contribution in [0.15, 0.2) is 23.5 Å². The molecule has 0 bridgehead atoms. The first-order valence-corrected chi connectivity index (χ1v) is 4.08. The molecule has 2 rings (SSSR count). The van der Waals surface area contributed by atoms with E-state index < -0.39 is 7.12 Å². The number of fused-ring (bicyclic) bond motifs is 1. The van der Waals surface area contributed by atoms with Crippen LogP contribution >= 0.6 is 0 Å². The van der Waals surface area contributed by atoms with E-state index in [-0.39, 0.29) is 17.8 Å². The number of hydrogen-bond acceptors (Lipinski definition) is 2. The molecule has 4 heteroatoms. The van der Waals surface area contributed by atoms with Crippen LogP contribution in [0.5, 0.6) is 0 Å². The van der Waals surface area contributed by atoms with Gasteiger partial charge in [-0.2, -0.15) is 0 Å². The molecule has 2 nitrogen and oxygen atoms in total. The molecule has 1 N–H and O–H groups in total. The van der Waals surface area contributed by atoms with Gasteiger partial charge in [0.15, 0.2) is 0 Å². The molecule has 2 aliphatic rings. The third-order valence-corrected chi connectivity index (χ3v) is 2.50. The molecule has 0 radical (unpaired) electrons. The fourth-order valence-electron chi connectivity index (χ4n) is 1.79. The molecule has 1 aliphatic heterocycles. The highest BCUT2D eigenvalue weighted by molar-refractivity contribution is 6.53. The van der Waals surface area contributed by atoms with Crippen molar-refractivity contribution in [2.75, 3.05) is 0 Å². The van der Waals surface area contributed by atoms with Crippen molar-refractivity contribution in [3.63, 3.8) is 0 Å². The van der Waals surface area contributed by atoms with Crippen LogP contribution in [0.2, 0.25) is 0 Å². The SMILES string of the molecule is CC1OB(O)C2=CC=C(F)CC21. The van der Waals surface area contributed by atoms with E-state index in [4.69, 9.17) is 4.65 Å². The first kappa shape index (κ1) is 8.01. The second-order valence-corrected chi connectivity index (χ2v) is 3.28. The topological polar surface area (TPSA) is 29.5 Å². The predicted molar refractivity (Wildman–Crippen MR) is 43.9 cm³/mol. The molecule has 12 heavy (non-hydrogen) atoms. The molecular formula is C8H10BFO2. The number of rotatable bonds is 0. The number of hydrogen-bond donors (Lipinski definition) is 1. The largest absolute Gasteiger partial charge is 0.487 e. The van der Waals surface area contributed by atoms with Crippen LogP contribution in [0.1, 0.15) is 13.3 Å². The standard InChI is InChI=1S/C8H10BFO2/c1-5-7-4-6(10)2-3-8(7)9(11)12-5/h2-3,5,7,11H,4H2,1H3. The lowest BCUT2D eigenvalue weighted by Gasteiger charge is -2.16. The maximum atomic E-state index is 12.8. The lowest BCUT2D eigenvalue weighted by molar-refractivity contribution is 0.179. The molecule has 0 spiro atoms. The minimum atomic E-state index is -0.825. The minimum Gasteiger partial charge on any atom is -0.423 e. The fourth-order valence-corrected chi connectivity index (χ4v) is 1.79. The maximum Gasteiger partial charge on any atom is 0.487 e. The van der Waals surface area contributed by atoms with Gasteiger partial charge in [0.2, 0.25) is 0 Å². The van der Waals surface area contributed by atoms with Crippen molar-refractivity contribution in [2.24, 2.45) is 5.92 Å². The molecule has 0 amide bonds. The van der Waals surface area contributed by atoms with E-state index in [9.17, 15) is 9.41 Å². The van der Waals surface area contributed by atoms with Gasteiger partial charge in [-0.25, -0.2) is 4.39 Å². The Morgan fingerprint density at radius 3 is 3.17 bits per heavy atom. The molecule has 1 fully saturated rings. The third kappa shape index (κ3) is 1.11. The van der Waals surface area contributed by atoms with Crippen molar-refractivity contribution in [2.45, 2.75) is 19.4 Å². The van der Waals surface area contributed by atoms with Crippen molar-refractivity contribution >= 4 is 7.12 Å². The Morgan fingerprint density at radius 1 is 1.67 bits per heavy atom. The zero-order valence-electron chi connectivity index (χ0n) is 6.83. The van der Waals surface area contributed by atoms with Gasteiger partial charge in [-0.3, -0.25) is 0 Å². The molecule has 1 saturated heterocycles. The van der Waals surface area contributed by atoms with E-state index in [1.54, 1.807) is 6.08 Å². The quantitative estimate of drug-likeness (QED) is 0.551. The summed E-state index contributed by atoms with van der Waals surface area (Å²) in [6.07, 6.45) is 3.31.